The van der Waals surface area contributed by atoms with Gasteiger partial charge < -0.3 is 25.1 Å². The molecule has 8 nitrogen and oxygen atoms in total. The van der Waals surface area contributed by atoms with Crippen LogP contribution in [0.4, 0.5) is 0 Å². The van der Waals surface area contributed by atoms with Gasteiger partial charge in [0.1, 0.15) is 0 Å². The first-order valence-electron chi connectivity index (χ1n) is 32.4. The third kappa shape index (κ3) is 26.3. The van der Waals surface area contributed by atoms with Crippen LogP contribution in [-0.2, 0) is 53.5 Å². The molecule has 0 saturated carbocycles. The second-order valence-corrected chi connectivity index (χ2v) is 24.9. The molecular formula is C79H110N4O4. The predicted molar refractivity (Wildman–Crippen MR) is 368 cm³/mol. The highest BCUT2D eigenvalue weighted by molar-refractivity contribution is 5.21. The van der Waals surface area contributed by atoms with Crippen LogP contribution in [-0.4, -0.2) is 88.2 Å². The molecule has 0 amide bonds. The van der Waals surface area contributed by atoms with Crippen molar-refractivity contribution in [3.8, 4) is 0 Å². The van der Waals surface area contributed by atoms with Gasteiger partial charge in [-0.3, -0.25) is 14.7 Å². The van der Waals surface area contributed by atoms with Crippen molar-refractivity contribution in [3.63, 3.8) is 0 Å². The fourth-order valence-corrected chi connectivity index (χ4v) is 12.2. The van der Waals surface area contributed by atoms with Crippen molar-refractivity contribution in [2.45, 2.75) is 182 Å². The van der Waals surface area contributed by atoms with Crippen LogP contribution in [0.5, 0.6) is 0 Å². The summed E-state index contributed by atoms with van der Waals surface area (Å²) in [5, 5.41) is 10.7. The molecule has 8 heteroatoms. The van der Waals surface area contributed by atoms with Gasteiger partial charge in [-0.1, -0.05) is 268 Å². The first-order chi connectivity index (χ1) is 42.2. The van der Waals surface area contributed by atoms with Crippen LogP contribution >= 0.6 is 0 Å². The van der Waals surface area contributed by atoms with E-state index >= 15 is 0 Å². The molecule has 8 atom stereocenters. The highest BCUT2D eigenvalue weighted by Gasteiger charge is 2.33. The van der Waals surface area contributed by atoms with E-state index in [0.29, 0.717) is 48.8 Å². The van der Waals surface area contributed by atoms with E-state index in [0.717, 1.165) is 71.7 Å². The molecule has 8 rings (SSSR count). The van der Waals surface area contributed by atoms with E-state index in [-0.39, 0.29) is 30.3 Å². The van der Waals surface area contributed by atoms with Gasteiger partial charge in [-0.15, -0.1) is 19.7 Å². The molecule has 87 heavy (non-hydrogen) atoms. The highest BCUT2D eigenvalue weighted by atomic mass is 16.5. The van der Waals surface area contributed by atoms with Crippen LogP contribution < -0.4 is 5.73 Å². The monoisotopic (exact) mass is 1180 g/mol. The summed E-state index contributed by atoms with van der Waals surface area (Å²) >= 11 is 0. The van der Waals surface area contributed by atoms with Crippen LogP contribution in [0.3, 0.4) is 0 Å². The molecule has 1 saturated heterocycles. The largest absolute Gasteiger partial charge is 0.391 e. The predicted octanol–water partition coefficient (Wildman–Crippen LogP) is 17.1. The van der Waals surface area contributed by atoms with Crippen molar-refractivity contribution < 1.29 is 19.3 Å². The van der Waals surface area contributed by atoms with Gasteiger partial charge in [-0.05, 0) is 95.6 Å². The smallest absolute Gasteiger partial charge is 0.0771 e. The van der Waals surface area contributed by atoms with E-state index in [1.54, 1.807) is 0 Å². The molecule has 3 N–H and O–H groups in total. The molecule has 4 unspecified atom stereocenters. The summed E-state index contributed by atoms with van der Waals surface area (Å²) in [7, 11) is 0. The lowest BCUT2D eigenvalue weighted by molar-refractivity contribution is -0.0306. The first-order valence-corrected chi connectivity index (χ1v) is 32.4. The van der Waals surface area contributed by atoms with Gasteiger partial charge in [0.25, 0.3) is 0 Å². The first kappa shape index (κ1) is 71.7. The average Bonchev–Trinajstić information content (AvgIpc) is 3.67. The number of ether oxygens (including phenoxy) is 3. The van der Waals surface area contributed by atoms with E-state index < -0.39 is 6.10 Å². The molecule has 0 bridgehead atoms. The van der Waals surface area contributed by atoms with Crippen molar-refractivity contribution in [2.75, 3.05) is 19.8 Å². The number of hydrogen-bond acceptors (Lipinski definition) is 8. The summed E-state index contributed by atoms with van der Waals surface area (Å²) in [5.74, 6) is 1.88. The molecule has 2 aliphatic heterocycles. The Morgan fingerprint density at radius 3 is 1.17 bits per heavy atom. The summed E-state index contributed by atoms with van der Waals surface area (Å²) in [4.78, 5) is 7.54. The number of rotatable bonds is 30. The van der Waals surface area contributed by atoms with Gasteiger partial charge in [0.15, 0.2) is 0 Å². The highest BCUT2D eigenvalue weighted by Crippen LogP contribution is 2.29. The van der Waals surface area contributed by atoms with Gasteiger partial charge in [0, 0.05) is 70.0 Å². The summed E-state index contributed by atoms with van der Waals surface area (Å²) < 4.78 is 17.9. The maximum Gasteiger partial charge on any atom is 0.0771 e. The zero-order chi connectivity index (χ0) is 62.6. The van der Waals surface area contributed by atoms with Crippen molar-refractivity contribution in [3.05, 3.63) is 265 Å². The van der Waals surface area contributed by atoms with Crippen molar-refractivity contribution >= 4 is 0 Å². The quantitative estimate of drug-likeness (QED) is 0.0432. The van der Waals surface area contributed by atoms with E-state index in [4.69, 9.17) is 19.9 Å². The van der Waals surface area contributed by atoms with Crippen LogP contribution in [0.15, 0.2) is 232 Å². The molecular weight excluding hydrogens is 1070 g/mol. The zero-order valence-electron chi connectivity index (χ0n) is 54.5. The second kappa shape index (κ2) is 41.2. The Kier molecular flexibility index (Phi) is 34.0. The van der Waals surface area contributed by atoms with Gasteiger partial charge in [0.05, 0.1) is 37.6 Å². The van der Waals surface area contributed by atoms with Crippen LogP contribution in [0.25, 0.3) is 0 Å². The summed E-state index contributed by atoms with van der Waals surface area (Å²) in [6.45, 7) is 37.0. The Morgan fingerprint density at radius 2 is 0.862 bits per heavy atom. The fourth-order valence-electron chi connectivity index (χ4n) is 12.2. The lowest BCUT2D eigenvalue weighted by Crippen LogP contribution is -2.48. The number of benzene rings is 6. The van der Waals surface area contributed by atoms with Crippen molar-refractivity contribution in [1.29, 1.82) is 0 Å². The normalized spacial score (nSPS) is 17.0. The SMILES string of the molecule is C=CCC(O)[C@@H](C(C)C)N(Cc1ccccc1)Cc1ccccc1.C=CCOC(CC=C)[C@@H](C(C)C)N(Cc1ccccc1)Cc1ccccc1.CC(C)[C@H](C1CC=CCO1)N(Cc1ccccc1)Cc1ccccc1.CC(C)[C@H](N)C1CCCCO1. The van der Waals surface area contributed by atoms with Crippen LogP contribution in [0.2, 0.25) is 0 Å². The molecule has 6 aromatic carbocycles. The lowest BCUT2D eigenvalue weighted by atomic mass is 9.92. The molecule has 2 aliphatic rings. The molecule has 0 radical (unpaired) electrons. The van der Waals surface area contributed by atoms with Crippen LogP contribution in [0.1, 0.15) is 127 Å². The van der Waals surface area contributed by atoms with Gasteiger partial charge in [-0.25, -0.2) is 0 Å². The summed E-state index contributed by atoms with van der Waals surface area (Å²) in [6, 6.07) is 64.8. The molecule has 2 heterocycles. The second-order valence-electron chi connectivity index (χ2n) is 24.9. The lowest BCUT2D eigenvalue weighted by Gasteiger charge is -2.40. The molecule has 0 spiro atoms. The molecule has 6 aromatic rings. The molecule has 470 valence electrons. The van der Waals surface area contributed by atoms with Crippen LogP contribution in [0, 0.1) is 23.7 Å². The Balaban J connectivity index is 0.000000219. The van der Waals surface area contributed by atoms with Gasteiger partial charge >= 0.3 is 0 Å². The average molecular weight is 1180 g/mol. The Morgan fingerprint density at radius 1 is 0.471 bits per heavy atom. The number of nitrogens with zero attached hydrogens (tertiary/aromatic N) is 3. The maximum atomic E-state index is 10.7. The number of nitrogens with two attached hydrogens (primary N) is 1. The molecule has 1 fully saturated rings. The number of hydrogen-bond donors (Lipinski definition) is 2. The van der Waals surface area contributed by atoms with Crippen molar-refractivity contribution in [2.24, 2.45) is 29.4 Å². The maximum absolute atomic E-state index is 10.7. The number of aliphatic hydroxyl groups is 1. The third-order valence-electron chi connectivity index (χ3n) is 16.4. The fraction of sp³-hybridized carbons (Fsp3) is 0.443. The van der Waals surface area contributed by atoms with E-state index in [9.17, 15) is 5.11 Å². The number of aliphatic hydroxyl groups excluding tert-OH is 1. The van der Waals surface area contributed by atoms with E-state index in [2.05, 4.69) is 272 Å². The minimum atomic E-state index is -0.407. The molecule has 0 aromatic heterocycles. The Bertz CT molecular complexity index is 2590. The molecule has 0 aliphatic carbocycles. The Hall–Kier alpha value is -6.04. The Labute approximate surface area is 527 Å². The van der Waals surface area contributed by atoms with Gasteiger partial charge in [0.2, 0.25) is 0 Å². The topological polar surface area (TPSA) is 83.7 Å². The summed E-state index contributed by atoms with van der Waals surface area (Å²) in [5.41, 5.74) is 13.9. The zero-order valence-corrected chi connectivity index (χ0v) is 54.5. The standard InChI is InChI=1S/C25H33NO.C23H29NO.C22H29NO.C9H19NO/c1-5-13-24(27-18-6-2)25(21(3)4)26(19-22-14-9-7-10-15-22)20-23-16-11-8-12-17-23;1-19(2)23(22-15-9-10-16-25-22)24(17-20-11-5-3-6-12-20)18-21-13-7-4-8-14-21;1-4-11-21(24)22(18(2)3)23(16-19-12-7-5-8-13-19)17-20-14-9-6-10-15-20;1-7(2)9(10)8-5-3-4-6-11-8/h5-12,14-17,21,24-25H,1-2,13,18-20H2,3-4H3;3-14,19,22-23H,15-18H2,1-2H3;4-10,12-15,18,21-22,24H,1,11,16-17H2,2-3H3;7-9H,3-6,10H2,1-2H3/t24?,25-;22?,23-;21?,22-;8?,9-/m1110/s1. The van der Waals surface area contributed by atoms with Gasteiger partial charge in [-0.2, -0.15) is 0 Å². The third-order valence-corrected chi connectivity index (χ3v) is 16.4. The van der Waals surface area contributed by atoms with E-state index in [1.165, 1.54) is 46.2 Å². The minimum absolute atomic E-state index is 0.0865. The minimum Gasteiger partial charge on any atom is -0.391 e. The van der Waals surface area contributed by atoms with Crippen molar-refractivity contribution in [1.82, 2.24) is 14.7 Å². The van der Waals surface area contributed by atoms with E-state index in [1.807, 2.05) is 30.4 Å². The summed E-state index contributed by atoms with van der Waals surface area (Å²) in [6.07, 6.45) is 16.4.